The highest BCUT2D eigenvalue weighted by Gasteiger charge is 2.54. The molecule has 51 heavy (non-hydrogen) atoms. The largest absolute Gasteiger partial charge is 0.394 e. The van der Waals surface area contributed by atoms with Crippen molar-refractivity contribution in [3.05, 3.63) is 0 Å². The SMILES string of the molecule is CC(=O)N[C@@H]1[C@@H](O[C@@H]2O[C@H](CO[C@H]3O[C@H](CO)[C@H](O)[C@H](O[C@@H]4O[C@H](CO)[C@H](O)[C@H](O)[C@H]4NC(C)=O)[C@H]3O)[C@@H](O)[C@H](O)[C@H]2O)[C@@H](O)[C@@H](CO)O[C@H]1O. The van der Waals surface area contributed by atoms with Gasteiger partial charge in [0.25, 0.3) is 0 Å². The van der Waals surface area contributed by atoms with Crippen LogP contribution >= 0.6 is 0 Å². The van der Waals surface area contributed by atoms with Crippen LogP contribution in [0.4, 0.5) is 0 Å². The van der Waals surface area contributed by atoms with Crippen molar-refractivity contribution in [2.75, 3.05) is 26.4 Å². The Kier molecular flexibility index (Phi) is 14.8. The van der Waals surface area contributed by atoms with Gasteiger partial charge in [-0.15, -0.1) is 0 Å². The monoisotopic (exact) mass is 748 g/mol. The lowest BCUT2D eigenvalue weighted by molar-refractivity contribution is -0.362. The summed E-state index contributed by atoms with van der Waals surface area (Å²) >= 11 is 0. The number of hydrogen-bond donors (Lipinski definition) is 14. The highest BCUT2D eigenvalue weighted by molar-refractivity contribution is 5.73. The Labute approximate surface area is 289 Å². The quantitative estimate of drug-likeness (QED) is 0.0881. The van der Waals surface area contributed by atoms with Crippen molar-refractivity contribution in [1.29, 1.82) is 0 Å². The Hall–Kier alpha value is -1.82. The molecule has 4 rings (SSSR count). The second kappa shape index (κ2) is 18.0. The molecular weight excluding hydrogens is 700 g/mol. The standard InChI is InChI=1S/C28H48N2O21/c1-7(34)29-13-19(40)15(36)9(3-31)47-26(13)51-24-18(39)11(5-33)48-27(22(24)43)45-6-12-16(37)20(41)21(42)28(49-12)50-23-14(30-8(2)35)25(44)46-10(4-32)17(23)38/h9-28,31-33,36-44H,3-6H2,1-2H3,(H,29,34)(H,30,35)/t9-,10-,11-,12-,13-,14-,15+,16-,17+,18+,19-,20+,21-,22-,23-,24+,25-,26+,27+,28+/m1/s1. The summed E-state index contributed by atoms with van der Waals surface area (Å²) in [6, 6.07) is -2.94. The Morgan fingerprint density at radius 1 is 0.510 bits per heavy atom. The fourth-order valence-electron chi connectivity index (χ4n) is 6.24. The smallest absolute Gasteiger partial charge is 0.217 e. The molecule has 0 aromatic heterocycles. The normalized spacial score (nSPS) is 47.8. The summed E-state index contributed by atoms with van der Waals surface area (Å²) in [5, 5.41) is 130. The van der Waals surface area contributed by atoms with Crippen LogP contribution in [0.15, 0.2) is 0 Å². The van der Waals surface area contributed by atoms with Crippen LogP contribution in [0.1, 0.15) is 13.8 Å². The van der Waals surface area contributed by atoms with Gasteiger partial charge in [0.1, 0.15) is 97.5 Å². The van der Waals surface area contributed by atoms with E-state index in [0.29, 0.717) is 0 Å². The maximum absolute atomic E-state index is 11.8. The Balaban J connectivity index is 1.49. The van der Waals surface area contributed by atoms with E-state index in [1.807, 2.05) is 0 Å². The van der Waals surface area contributed by atoms with Gasteiger partial charge in [0.05, 0.1) is 26.4 Å². The number of aliphatic hydroxyl groups is 12. The molecule has 4 heterocycles. The van der Waals surface area contributed by atoms with Crippen molar-refractivity contribution in [3.63, 3.8) is 0 Å². The van der Waals surface area contributed by atoms with Gasteiger partial charge in [0.2, 0.25) is 11.8 Å². The minimum Gasteiger partial charge on any atom is -0.394 e. The third-order valence-corrected chi connectivity index (χ3v) is 8.99. The lowest BCUT2D eigenvalue weighted by atomic mass is 9.95. The minimum absolute atomic E-state index is 0.681. The van der Waals surface area contributed by atoms with E-state index < -0.39 is 161 Å². The van der Waals surface area contributed by atoms with E-state index >= 15 is 0 Å². The molecule has 0 spiro atoms. The predicted octanol–water partition coefficient (Wildman–Crippen LogP) is -9.46. The van der Waals surface area contributed by atoms with Gasteiger partial charge < -0.3 is 105 Å². The highest BCUT2D eigenvalue weighted by atomic mass is 16.8. The number of hydrogen-bond acceptors (Lipinski definition) is 21. The number of carbonyl (C=O) groups excluding carboxylic acids is 2. The average molecular weight is 749 g/mol. The Morgan fingerprint density at radius 2 is 0.980 bits per heavy atom. The minimum atomic E-state index is -1.99. The van der Waals surface area contributed by atoms with E-state index in [2.05, 4.69) is 10.6 Å². The summed E-state index contributed by atoms with van der Waals surface area (Å²) in [4.78, 5) is 23.6. The van der Waals surface area contributed by atoms with Crippen molar-refractivity contribution in [2.45, 2.75) is 137 Å². The third-order valence-electron chi connectivity index (χ3n) is 8.99. The molecule has 0 radical (unpaired) electrons. The molecule has 0 unspecified atom stereocenters. The van der Waals surface area contributed by atoms with Gasteiger partial charge in [-0.25, -0.2) is 0 Å². The first-order valence-corrected chi connectivity index (χ1v) is 16.1. The lowest BCUT2D eigenvalue weighted by Crippen LogP contribution is -2.68. The molecular formula is C28H48N2O21. The summed E-state index contributed by atoms with van der Waals surface area (Å²) in [7, 11) is 0. The van der Waals surface area contributed by atoms with E-state index in [1.165, 1.54) is 0 Å². The van der Waals surface area contributed by atoms with Crippen LogP contribution in [-0.2, 0) is 42.7 Å². The van der Waals surface area contributed by atoms with Gasteiger partial charge >= 0.3 is 0 Å². The van der Waals surface area contributed by atoms with Crippen LogP contribution in [-0.4, -0.2) is 222 Å². The van der Waals surface area contributed by atoms with E-state index in [-0.39, 0.29) is 0 Å². The summed E-state index contributed by atoms with van der Waals surface area (Å²) < 4.78 is 38.7. The fourth-order valence-corrected chi connectivity index (χ4v) is 6.24. The molecule has 4 aliphatic rings. The Morgan fingerprint density at radius 3 is 1.57 bits per heavy atom. The molecule has 0 saturated carbocycles. The van der Waals surface area contributed by atoms with Crippen LogP contribution < -0.4 is 10.6 Å². The van der Waals surface area contributed by atoms with Gasteiger partial charge in [-0.05, 0) is 0 Å². The zero-order valence-corrected chi connectivity index (χ0v) is 27.4. The molecule has 4 fully saturated rings. The van der Waals surface area contributed by atoms with Gasteiger partial charge in [-0.2, -0.15) is 0 Å². The summed E-state index contributed by atoms with van der Waals surface area (Å²) in [6.07, 6.45) is -31.2. The molecule has 0 aliphatic carbocycles. The molecule has 23 nitrogen and oxygen atoms in total. The average Bonchev–Trinajstić information content (AvgIpc) is 3.08. The molecule has 0 bridgehead atoms. The number of carbonyl (C=O) groups is 2. The van der Waals surface area contributed by atoms with Gasteiger partial charge in [-0.3, -0.25) is 9.59 Å². The van der Waals surface area contributed by atoms with E-state index in [1.54, 1.807) is 0 Å². The van der Waals surface area contributed by atoms with E-state index in [4.69, 9.17) is 33.2 Å². The third kappa shape index (κ3) is 9.29. The summed E-state index contributed by atoms with van der Waals surface area (Å²) in [5.74, 6) is -1.37. The molecule has 23 heteroatoms. The van der Waals surface area contributed by atoms with Crippen LogP contribution in [0.3, 0.4) is 0 Å². The van der Waals surface area contributed by atoms with Crippen LogP contribution in [0.5, 0.6) is 0 Å². The van der Waals surface area contributed by atoms with Crippen LogP contribution in [0, 0.1) is 0 Å². The number of amides is 2. The molecule has 4 aliphatic heterocycles. The van der Waals surface area contributed by atoms with E-state index in [9.17, 15) is 70.9 Å². The van der Waals surface area contributed by atoms with Crippen LogP contribution in [0.25, 0.3) is 0 Å². The second-order valence-electron chi connectivity index (χ2n) is 12.7. The molecule has 0 aromatic carbocycles. The summed E-state index contributed by atoms with van der Waals surface area (Å²) in [5.41, 5.74) is 0. The van der Waals surface area contributed by atoms with Gasteiger partial charge in [-0.1, -0.05) is 0 Å². The van der Waals surface area contributed by atoms with Crippen molar-refractivity contribution in [2.24, 2.45) is 0 Å². The first-order valence-electron chi connectivity index (χ1n) is 16.1. The highest BCUT2D eigenvalue weighted by Crippen LogP contribution is 2.32. The van der Waals surface area contributed by atoms with Crippen molar-refractivity contribution in [3.8, 4) is 0 Å². The fraction of sp³-hybridized carbons (Fsp3) is 0.929. The number of ether oxygens (including phenoxy) is 7. The number of aliphatic hydroxyl groups excluding tert-OH is 12. The maximum atomic E-state index is 11.8. The van der Waals surface area contributed by atoms with Crippen molar-refractivity contribution in [1.82, 2.24) is 10.6 Å². The lowest BCUT2D eigenvalue weighted by Gasteiger charge is -2.48. The van der Waals surface area contributed by atoms with Gasteiger partial charge in [0, 0.05) is 13.8 Å². The zero-order chi connectivity index (χ0) is 37.9. The zero-order valence-electron chi connectivity index (χ0n) is 27.4. The summed E-state index contributed by atoms with van der Waals surface area (Å²) in [6.45, 7) is -1.02. The molecule has 2 amide bonds. The second-order valence-corrected chi connectivity index (χ2v) is 12.7. The number of nitrogens with one attached hydrogen (secondary N) is 2. The predicted molar refractivity (Wildman–Crippen MR) is 157 cm³/mol. The Bertz CT molecular complexity index is 1140. The molecule has 4 saturated heterocycles. The number of rotatable bonds is 12. The molecule has 14 N–H and O–H groups in total. The molecule has 296 valence electrons. The molecule has 0 aromatic rings. The first kappa shape index (κ1) is 41.9. The van der Waals surface area contributed by atoms with E-state index in [0.717, 1.165) is 13.8 Å². The maximum Gasteiger partial charge on any atom is 0.217 e. The first-order chi connectivity index (χ1) is 24.0. The van der Waals surface area contributed by atoms with Gasteiger partial charge in [0.15, 0.2) is 25.2 Å². The topological polar surface area (TPSA) is 366 Å². The van der Waals surface area contributed by atoms with Crippen LogP contribution in [0.2, 0.25) is 0 Å². The van der Waals surface area contributed by atoms with Crippen molar-refractivity contribution >= 4 is 11.8 Å². The van der Waals surface area contributed by atoms with Crippen molar-refractivity contribution < 1.29 is 104 Å². The molecule has 20 atom stereocenters.